The van der Waals surface area contributed by atoms with E-state index >= 15 is 0 Å². The van der Waals surface area contributed by atoms with Crippen LogP contribution in [0.4, 0.5) is 0 Å². The average Bonchev–Trinajstić information content (AvgIpc) is 2.57. The maximum atomic E-state index is 6.31. The van der Waals surface area contributed by atoms with E-state index in [2.05, 4.69) is 21.0 Å². The van der Waals surface area contributed by atoms with Crippen molar-refractivity contribution in [1.29, 1.82) is 0 Å². The number of aromatic nitrogens is 2. The Morgan fingerprint density at radius 1 is 1.39 bits per heavy atom. The predicted molar refractivity (Wildman–Crippen MR) is 78.4 cm³/mol. The van der Waals surface area contributed by atoms with Crippen molar-refractivity contribution in [3.63, 3.8) is 0 Å². The third-order valence-electron chi connectivity index (χ3n) is 2.93. The fraction of sp³-hybridized carbons (Fsp3) is 0.308. The smallest absolute Gasteiger partial charge is 0.0835 e. The van der Waals surface area contributed by atoms with E-state index in [0.29, 0.717) is 5.02 Å². The average molecular weight is 329 g/mol. The summed E-state index contributed by atoms with van der Waals surface area (Å²) in [6.45, 7) is 5.89. The zero-order valence-corrected chi connectivity index (χ0v) is 12.9. The van der Waals surface area contributed by atoms with E-state index in [0.717, 1.165) is 27.1 Å². The van der Waals surface area contributed by atoms with Gasteiger partial charge in [0.2, 0.25) is 0 Å². The first-order valence-electron chi connectivity index (χ1n) is 5.69. The van der Waals surface area contributed by atoms with Gasteiger partial charge in [0.25, 0.3) is 0 Å². The van der Waals surface area contributed by atoms with Crippen molar-refractivity contribution in [3.8, 4) is 5.69 Å². The first-order valence-corrected chi connectivity index (χ1v) is 6.86. The fourth-order valence-corrected chi connectivity index (χ4v) is 2.35. The van der Waals surface area contributed by atoms with Crippen LogP contribution in [-0.4, -0.2) is 9.78 Å². The van der Waals surface area contributed by atoms with Crippen molar-refractivity contribution in [3.05, 3.63) is 44.6 Å². The van der Waals surface area contributed by atoms with Crippen LogP contribution in [0.2, 0.25) is 5.02 Å². The second-order valence-corrected chi connectivity index (χ2v) is 5.60. The van der Waals surface area contributed by atoms with Crippen LogP contribution < -0.4 is 5.73 Å². The molecule has 0 aliphatic heterocycles. The zero-order chi connectivity index (χ0) is 13.4. The Labute approximate surface area is 120 Å². The molecule has 5 heteroatoms. The van der Waals surface area contributed by atoms with Gasteiger partial charge in [-0.1, -0.05) is 17.7 Å². The molecule has 2 N–H and O–H groups in total. The molecule has 2 aromatic rings. The van der Waals surface area contributed by atoms with E-state index in [1.54, 1.807) is 0 Å². The molecule has 3 nitrogen and oxygen atoms in total. The fourth-order valence-electron chi connectivity index (χ4n) is 1.84. The Hall–Kier alpha value is -0.840. The quantitative estimate of drug-likeness (QED) is 0.908. The lowest BCUT2D eigenvalue weighted by atomic mass is 10.1. The number of hydrogen-bond donors (Lipinski definition) is 1. The molecule has 18 heavy (non-hydrogen) atoms. The molecule has 0 unspecified atom stereocenters. The molecular formula is C13H15BrClN3. The highest BCUT2D eigenvalue weighted by Crippen LogP contribution is 2.28. The van der Waals surface area contributed by atoms with E-state index in [9.17, 15) is 0 Å². The van der Waals surface area contributed by atoms with Gasteiger partial charge in [-0.25, -0.2) is 4.68 Å². The van der Waals surface area contributed by atoms with E-state index in [4.69, 9.17) is 17.3 Å². The molecule has 1 atom stereocenters. The highest BCUT2D eigenvalue weighted by molar-refractivity contribution is 9.10. The maximum absolute atomic E-state index is 6.31. The first-order chi connectivity index (χ1) is 8.41. The van der Waals surface area contributed by atoms with E-state index in [1.807, 2.05) is 43.7 Å². The van der Waals surface area contributed by atoms with Crippen molar-refractivity contribution in [1.82, 2.24) is 9.78 Å². The van der Waals surface area contributed by atoms with Crippen LogP contribution in [-0.2, 0) is 0 Å². The van der Waals surface area contributed by atoms with Crippen LogP contribution in [0.25, 0.3) is 5.69 Å². The molecule has 0 aliphatic rings. The van der Waals surface area contributed by atoms with Gasteiger partial charge in [-0.2, -0.15) is 5.10 Å². The molecule has 0 amide bonds. The molecule has 0 radical (unpaired) electrons. The van der Waals surface area contributed by atoms with Crippen molar-refractivity contribution in [2.75, 3.05) is 0 Å². The van der Waals surface area contributed by atoms with Crippen LogP contribution in [0.5, 0.6) is 0 Å². The topological polar surface area (TPSA) is 43.8 Å². The van der Waals surface area contributed by atoms with Crippen molar-refractivity contribution in [2.45, 2.75) is 26.8 Å². The molecule has 2 rings (SSSR count). The highest BCUT2D eigenvalue weighted by Gasteiger charge is 2.13. The summed E-state index contributed by atoms with van der Waals surface area (Å²) >= 11 is 9.82. The predicted octanol–water partition coefficient (Wildman–Crippen LogP) is 3.92. The Morgan fingerprint density at radius 2 is 2.06 bits per heavy atom. The Kier molecular flexibility index (Phi) is 3.80. The number of nitrogens with two attached hydrogens (primary N) is 1. The molecule has 0 saturated carbocycles. The first kappa shape index (κ1) is 13.6. The molecule has 1 aromatic heterocycles. The van der Waals surface area contributed by atoms with Gasteiger partial charge >= 0.3 is 0 Å². The molecule has 1 heterocycles. The maximum Gasteiger partial charge on any atom is 0.0835 e. The van der Waals surface area contributed by atoms with Gasteiger partial charge in [-0.3, -0.25) is 0 Å². The Bertz CT molecular complexity index is 590. The third-order valence-corrected chi connectivity index (χ3v) is 4.38. The number of rotatable bonds is 2. The van der Waals surface area contributed by atoms with E-state index in [1.165, 1.54) is 0 Å². The Balaban J connectivity index is 2.54. The molecule has 0 fully saturated rings. The number of benzene rings is 1. The monoisotopic (exact) mass is 327 g/mol. The third kappa shape index (κ3) is 2.32. The van der Waals surface area contributed by atoms with Crippen molar-refractivity contribution in [2.24, 2.45) is 5.73 Å². The largest absolute Gasteiger partial charge is 0.324 e. The zero-order valence-electron chi connectivity index (χ0n) is 10.5. The highest BCUT2D eigenvalue weighted by atomic mass is 79.9. The lowest BCUT2D eigenvalue weighted by Crippen LogP contribution is -2.06. The van der Waals surface area contributed by atoms with Crippen LogP contribution in [0, 0.1) is 13.8 Å². The van der Waals surface area contributed by atoms with Crippen LogP contribution >= 0.6 is 27.5 Å². The van der Waals surface area contributed by atoms with Gasteiger partial charge in [-0.05, 0) is 54.4 Å². The summed E-state index contributed by atoms with van der Waals surface area (Å²) < 4.78 is 2.85. The molecule has 0 saturated heterocycles. The second-order valence-electron chi connectivity index (χ2n) is 4.40. The SMILES string of the molecule is Cc1nn(-c2ccc([C@@H](C)N)cc2Cl)c(C)c1Br. The number of aryl methyl sites for hydroxylation is 1. The van der Waals surface area contributed by atoms with Gasteiger partial charge in [0.1, 0.15) is 0 Å². The van der Waals surface area contributed by atoms with Gasteiger partial charge < -0.3 is 5.73 Å². The van der Waals surface area contributed by atoms with Crippen LogP contribution in [0.15, 0.2) is 22.7 Å². The molecule has 0 spiro atoms. The van der Waals surface area contributed by atoms with Crippen molar-refractivity contribution < 1.29 is 0 Å². The van der Waals surface area contributed by atoms with Crippen molar-refractivity contribution >= 4 is 27.5 Å². The summed E-state index contributed by atoms with van der Waals surface area (Å²) in [5.41, 5.74) is 9.70. The summed E-state index contributed by atoms with van der Waals surface area (Å²) in [5.74, 6) is 0. The number of halogens is 2. The lowest BCUT2D eigenvalue weighted by molar-refractivity contribution is 0.808. The normalized spacial score (nSPS) is 12.8. The van der Waals surface area contributed by atoms with Crippen LogP contribution in [0.1, 0.15) is 29.9 Å². The lowest BCUT2D eigenvalue weighted by Gasteiger charge is -2.11. The summed E-state index contributed by atoms with van der Waals surface area (Å²) in [6, 6.07) is 5.80. The molecule has 1 aromatic carbocycles. The second kappa shape index (κ2) is 5.03. The number of hydrogen-bond acceptors (Lipinski definition) is 2. The molecule has 96 valence electrons. The minimum Gasteiger partial charge on any atom is -0.324 e. The van der Waals surface area contributed by atoms with Crippen LogP contribution in [0.3, 0.4) is 0 Å². The van der Waals surface area contributed by atoms with E-state index in [-0.39, 0.29) is 6.04 Å². The van der Waals surface area contributed by atoms with Gasteiger partial charge in [0, 0.05) is 6.04 Å². The summed E-state index contributed by atoms with van der Waals surface area (Å²) in [6.07, 6.45) is 0. The van der Waals surface area contributed by atoms with E-state index < -0.39 is 0 Å². The molecule has 0 bridgehead atoms. The van der Waals surface area contributed by atoms with Gasteiger partial charge in [0.15, 0.2) is 0 Å². The summed E-state index contributed by atoms with van der Waals surface area (Å²) in [4.78, 5) is 0. The minimum absolute atomic E-state index is 0.0243. The summed E-state index contributed by atoms with van der Waals surface area (Å²) in [7, 11) is 0. The standard InChI is InChI=1S/C13H15BrClN3/c1-7(16)10-4-5-12(11(15)6-10)18-9(3)13(14)8(2)17-18/h4-7H,16H2,1-3H3/t7-/m1/s1. The summed E-state index contributed by atoms with van der Waals surface area (Å²) in [5, 5.41) is 5.12. The molecular weight excluding hydrogens is 314 g/mol. The van der Waals surface area contributed by atoms with Gasteiger partial charge in [0.05, 0.1) is 26.6 Å². The number of nitrogens with zero attached hydrogens (tertiary/aromatic N) is 2. The van der Waals surface area contributed by atoms with Gasteiger partial charge in [-0.15, -0.1) is 0 Å². The molecule has 0 aliphatic carbocycles. The minimum atomic E-state index is -0.0243. The Morgan fingerprint density at radius 3 is 2.50 bits per heavy atom.